The molecular weight excluding hydrogens is 428 g/mol. The molecule has 1 aliphatic rings. The molecule has 1 unspecified atom stereocenters. The van der Waals surface area contributed by atoms with Crippen molar-refractivity contribution in [1.82, 2.24) is 10.2 Å². The number of β-lactam (4-membered cyclic amide) rings is 1. The van der Waals surface area contributed by atoms with Crippen molar-refractivity contribution in [3.8, 4) is 5.75 Å². The Hall–Kier alpha value is -2.87. The predicted molar refractivity (Wildman–Crippen MR) is 122 cm³/mol. The molecule has 8 heteroatoms. The first-order chi connectivity index (χ1) is 15.3. The number of para-hydroxylation sites is 1. The highest BCUT2D eigenvalue weighted by Gasteiger charge is 2.39. The molecule has 0 aliphatic carbocycles. The first-order valence-corrected chi connectivity index (χ1v) is 12.8. The lowest BCUT2D eigenvalue weighted by Gasteiger charge is -2.39. The van der Waals surface area contributed by atoms with Gasteiger partial charge in [-0.1, -0.05) is 55.3 Å². The van der Waals surface area contributed by atoms with Crippen molar-refractivity contribution in [2.24, 2.45) is 0 Å². The van der Waals surface area contributed by atoms with Crippen molar-refractivity contribution in [3.63, 3.8) is 0 Å². The number of likely N-dealkylation sites (tertiary alicyclic amines) is 1. The van der Waals surface area contributed by atoms with E-state index in [1.165, 1.54) is 16.5 Å². The first-order valence-electron chi connectivity index (χ1n) is 10.9. The Bertz CT molecular complexity index is 1020. The number of nitrogens with one attached hydrogen (secondary N) is 1. The lowest BCUT2D eigenvalue weighted by Crippen LogP contribution is -2.58. The molecule has 2 aromatic rings. The second-order valence-electron chi connectivity index (χ2n) is 8.02. The summed E-state index contributed by atoms with van der Waals surface area (Å²) in [5.74, 6) is -0.247. The van der Waals surface area contributed by atoms with Gasteiger partial charge in [-0.25, -0.2) is 8.42 Å². The number of hydrogen-bond acceptors (Lipinski definition) is 5. The number of ether oxygens (including phenoxy) is 1. The lowest BCUT2D eigenvalue weighted by molar-refractivity contribution is -0.163. The van der Waals surface area contributed by atoms with Gasteiger partial charge in [0.15, 0.2) is 16.1 Å². The van der Waals surface area contributed by atoms with E-state index in [4.69, 9.17) is 4.74 Å². The highest BCUT2D eigenvalue weighted by molar-refractivity contribution is 7.90. The van der Waals surface area contributed by atoms with E-state index >= 15 is 0 Å². The molecule has 0 aromatic heterocycles. The Morgan fingerprint density at radius 3 is 2.44 bits per heavy atom. The molecule has 0 spiro atoms. The predicted octanol–water partition coefficient (Wildman–Crippen LogP) is 2.95. The van der Waals surface area contributed by atoms with Crippen LogP contribution in [0.2, 0.25) is 0 Å². The molecule has 1 fully saturated rings. The fourth-order valence-corrected chi connectivity index (χ4v) is 4.42. The first kappa shape index (κ1) is 23.8. The molecule has 1 saturated heterocycles. The van der Waals surface area contributed by atoms with Gasteiger partial charge < -0.3 is 10.1 Å². The van der Waals surface area contributed by atoms with Crippen LogP contribution in [-0.2, 0) is 25.8 Å². The van der Waals surface area contributed by atoms with E-state index in [0.29, 0.717) is 6.54 Å². The number of nitrogens with zero attached hydrogens (tertiary/aromatic N) is 1. The number of carbonyl (C=O) groups is 2. The van der Waals surface area contributed by atoms with Crippen LogP contribution in [0.3, 0.4) is 0 Å². The molecule has 0 saturated carbocycles. The molecular formula is C24H30N2O5S. The summed E-state index contributed by atoms with van der Waals surface area (Å²) in [4.78, 5) is 25.6. The maximum Gasteiger partial charge on any atom is 0.239 e. The van der Waals surface area contributed by atoms with Crippen molar-refractivity contribution in [2.45, 2.75) is 49.6 Å². The van der Waals surface area contributed by atoms with Crippen molar-refractivity contribution in [2.75, 3.05) is 19.3 Å². The summed E-state index contributed by atoms with van der Waals surface area (Å²) >= 11 is 0. The highest BCUT2D eigenvalue weighted by Crippen LogP contribution is 2.28. The quantitative estimate of drug-likeness (QED) is 0.390. The Labute approximate surface area is 189 Å². The zero-order chi connectivity index (χ0) is 23.0. The van der Waals surface area contributed by atoms with Crippen LogP contribution >= 0.6 is 0 Å². The van der Waals surface area contributed by atoms with Gasteiger partial charge >= 0.3 is 0 Å². The minimum Gasteiger partial charge on any atom is -0.469 e. The molecule has 2 aromatic carbocycles. The molecule has 1 heterocycles. The normalized spacial score (nSPS) is 15.8. The third-order valence-corrected chi connectivity index (χ3v) is 6.54. The van der Waals surface area contributed by atoms with E-state index in [1.807, 2.05) is 18.2 Å². The molecule has 172 valence electrons. The Balaban J connectivity index is 1.36. The Kier molecular flexibility index (Phi) is 8.27. The summed E-state index contributed by atoms with van der Waals surface area (Å²) in [5, 5.41) is 2.85. The maximum absolute atomic E-state index is 12.2. The van der Waals surface area contributed by atoms with Gasteiger partial charge in [-0.2, -0.15) is 0 Å². The number of unbranched alkanes of at least 4 members (excludes halogenated alkanes) is 3. The summed E-state index contributed by atoms with van der Waals surface area (Å²) in [5.41, 5.74) is 1.34. The standard InChI is InChI=1S/C24H30N2O5S/c1-32(29,30)21-15-9-8-14-20(21)31-24-17-23(28)26(24)18-22(27)25-16-10-3-2-5-11-19-12-6-4-7-13-19/h4,6-9,12-15,24H,2-3,5,10-11,16-18H2,1H3,(H,25,27). The van der Waals surface area contributed by atoms with E-state index in [0.717, 1.165) is 38.4 Å². The van der Waals surface area contributed by atoms with Gasteiger partial charge in [-0.3, -0.25) is 14.5 Å². The van der Waals surface area contributed by atoms with Gasteiger partial charge in [0, 0.05) is 12.8 Å². The van der Waals surface area contributed by atoms with E-state index < -0.39 is 16.1 Å². The molecule has 1 N–H and O–H groups in total. The highest BCUT2D eigenvalue weighted by atomic mass is 32.2. The number of benzene rings is 2. The molecule has 1 atom stereocenters. The van der Waals surface area contributed by atoms with Crippen molar-refractivity contribution in [1.29, 1.82) is 0 Å². The molecule has 7 nitrogen and oxygen atoms in total. The van der Waals surface area contributed by atoms with Crippen LogP contribution in [0.4, 0.5) is 0 Å². The van der Waals surface area contributed by atoms with Crippen LogP contribution < -0.4 is 10.1 Å². The summed E-state index contributed by atoms with van der Waals surface area (Å²) in [6.07, 6.45) is 5.78. The second-order valence-corrected chi connectivity index (χ2v) is 10.0. The SMILES string of the molecule is CS(=O)(=O)c1ccccc1OC1CC(=O)N1CC(=O)NCCCCCCc1ccccc1. The molecule has 0 bridgehead atoms. The average molecular weight is 459 g/mol. The molecule has 1 aliphatic heterocycles. The van der Waals surface area contributed by atoms with Crippen LogP contribution in [0.5, 0.6) is 5.75 Å². The number of sulfone groups is 1. The number of aryl methyl sites for hydroxylation is 1. The molecule has 0 radical (unpaired) electrons. The minimum absolute atomic E-state index is 0.0658. The number of carbonyl (C=O) groups excluding carboxylic acids is 2. The fraction of sp³-hybridized carbons (Fsp3) is 0.417. The van der Waals surface area contributed by atoms with Gasteiger partial charge in [0.2, 0.25) is 11.8 Å². The molecule has 32 heavy (non-hydrogen) atoms. The minimum atomic E-state index is -3.46. The lowest BCUT2D eigenvalue weighted by atomic mass is 10.1. The molecule has 2 amide bonds. The number of amides is 2. The van der Waals surface area contributed by atoms with Gasteiger partial charge in [-0.05, 0) is 37.0 Å². The van der Waals surface area contributed by atoms with Gasteiger partial charge in [0.25, 0.3) is 0 Å². The van der Waals surface area contributed by atoms with Crippen LogP contribution in [0, 0.1) is 0 Å². The summed E-state index contributed by atoms with van der Waals surface area (Å²) in [6, 6.07) is 16.7. The van der Waals surface area contributed by atoms with E-state index in [2.05, 4.69) is 17.4 Å². The van der Waals surface area contributed by atoms with E-state index in [-0.39, 0.29) is 35.4 Å². The topological polar surface area (TPSA) is 92.8 Å². The van der Waals surface area contributed by atoms with Gasteiger partial charge in [0.1, 0.15) is 17.2 Å². The van der Waals surface area contributed by atoms with Gasteiger partial charge in [-0.15, -0.1) is 0 Å². The maximum atomic E-state index is 12.2. The average Bonchev–Trinajstić information content (AvgIpc) is 2.77. The van der Waals surface area contributed by atoms with Gasteiger partial charge in [0.05, 0.1) is 6.42 Å². The zero-order valence-electron chi connectivity index (χ0n) is 18.3. The van der Waals surface area contributed by atoms with Crippen LogP contribution in [-0.4, -0.2) is 50.7 Å². The summed E-state index contributed by atoms with van der Waals surface area (Å²) in [6.45, 7) is 0.465. The van der Waals surface area contributed by atoms with E-state index in [1.54, 1.807) is 18.2 Å². The third kappa shape index (κ3) is 6.82. The Morgan fingerprint density at radius 2 is 1.72 bits per heavy atom. The van der Waals surface area contributed by atoms with Crippen LogP contribution in [0.25, 0.3) is 0 Å². The van der Waals surface area contributed by atoms with Crippen molar-refractivity contribution in [3.05, 3.63) is 60.2 Å². The van der Waals surface area contributed by atoms with Crippen molar-refractivity contribution >= 4 is 21.7 Å². The van der Waals surface area contributed by atoms with Crippen LogP contribution in [0.1, 0.15) is 37.7 Å². The van der Waals surface area contributed by atoms with Crippen molar-refractivity contribution < 1.29 is 22.7 Å². The Morgan fingerprint density at radius 1 is 1.03 bits per heavy atom. The largest absolute Gasteiger partial charge is 0.469 e. The number of hydrogen-bond donors (Lipinski definition) is 1. The number of rotatable bonds is 12. The summed E-state index contributed by atoms with van der Waals surface area (Å²) < 4.78 is 29.6. The zero-order valence-corrected chi connectivity index (χ0v) is 19.1. The fourth-order valence-electron chi connectivity index (χ4n) is 3.61. The van der Waals surface area contributed by atoms with E-state index in [9.17, 15) is 18.0 Å². The summed E-state index contributed by atoms with van der Waals surface area (Å²) in [7, 11) is -3.46. The van der Waals surface area contributed by atoms with Crippen LogP contribution in [0.15, 0.2) is 59.5 Å². The molecule has 3 rings (SSSR count). The monoisotopic (exact) mass is 458 g/mol. The smallest absolute Gasteiger partial charge is 0.239 e. The third-order valence-electron chi connectivity index (χ3n) is 5.40. The second kappa shape index (κ2) is 11.1.